The maximum absolute atomic E-state index is 13.3. The second-order valence-corrected chi connectivity index (χ2v) is 7.14. The van der Waals surface area contributed by atoms with E-state index in [0.29, 0.717) is 11.8 Å². The van der Waals surface area contributed by atoms with Crippen molar-refractivity contribution in [3.63, 3.8) is 0 Å². The lowest BCUT2D eigenvalue weighted by Crippen LogP contribution is -2.34. The fraction of sp³-hybridized carbons (Fsp3) is 0.400. The number of hydrogen-bond acceptors (Lipinski definition) is 3. The second-order valence-electron chi connectivity index (χ2n) is 7.14. The molecule has 130 valence electrons. The summed E-state index contributed by atoms with van der Waals surface area (Å²) in [6.45, 7) is 4.55. The minimum atomic E-state index is -0.284. The van der Waals surface area contributed by atoms with Crippen molar-refractivity contribution < 1.29 is 9.18 Å². The van der Waals surface area contributed by atoms with Crippen LogP contribution in [-0.4, -0.2) is 46.9 Å². The van der Waals surface area contributed by atoms with Crippen LogP contribution in [0.25, 0.3) is 0 Å². The first-order valence-electron chi connectivity index (χ1n) is 8.82. The molecule has 0 bridgehead atoms. The van der Waals surface area contributed by atoms with E-state index in [1.807, 2.05) is 29.3 Å². The van der Waals surface area contributed by atoms with E-state index in [4.69, 9.17) is 0 Å². The Morgan fingerprint density at radius 3 is 2.56 bits per heavy atom. The van der Waals surface area contributed by atoms with Gasteiger partial charge >= 0.3 is 0 Å². The van der Waals surface area contributed by atoms with Gasteiger partial charge in [-0.1, -0.05) is 18.2 Å². The smallest absolute Gasteiger partial charge is 0.227 e. The van der Waals surface area contributed by atoms with Crippen LogP contribution in [0.3, 0.4) is 0 Å². The SMILES string of the molecule is O=C(Cc1cccc(F)c1)N1C[C@H]2CN(Cc3ccccn3)C[C@H]2C1. The molecule has 4 nitrogen and oxygen atoms in total. The molecule has 0 aliphatic carbocycles. The third-order valence-electron chi connectivity index (χ3n) is 5.27. The summed E-state index contributed by atoms with van der Waals surface area (Å²) in [7, 11) is 0. The van der Waals surface area contributed by atoms with E-state index in [9.17, 15) is 9.18 Å². The largest absolute Gasteiger partial charge is 0.342 e. The van der Waals surface area contributed by atoms with Crippen molar-refractivity contribution >= 4 is 5.91 Å². The quantitative estimate of drug-likeness (QED) is 0.858. The minimum absolute atomic E-state index is 0.108. The lowest BCUT2D eigenvalue weighted by Gasteiger charge is -2.21. The monoisotopic (exact) mass is 339 g/mol. The summed E-state index contributed by atoms with van der Waals surface area (Å²) >= 11 is 0. The predicted molar refractivity (Wildman–Crippen MR) is 93.2 cm³/mol. The zero-order valence-electron chi connectivity index (χ0n) is 14.1. The molecule has 0 N–H and O–H groups in total. The lowest BCUT2D eigenvalue weighted by molar-refractivity contribution is -0.129. The van der Waals surface area contributed by atoms with Crippen LogP contribution in [0.1, 0.15) is 11.3 Å². The number of carbonyl (C=O) groups is 1. The maximum Gasteiger partial charge on any atom is 0.227 e. The van der Waals surface area contributed by atoms with Gasteiger partial charge < -0.3 is 4.90 Å². The number of aromatic nitrogens is 1. The lowest BCUT2D eigenvalue weighted by atomic mass is 10.0. The van der Waals surface area contributed by atoms with Crippen LogP contribution in [0.5, 0.6) is 0 Å². The molecule has 5 heteroatoms. The highest BCUT2D eigenvalue weighted by Crippen LogP contribution is 2.32. The highest BCUT2D eigenvalue weighted by atomic mass is 19.1. The van der Waals surface area contributed by atoms with E-state index in [-0.39, 0.29) is 18.1 Å². The zero-order chi connectivity index (χ0) is 17.2. The van der Waals surface area contributed by atoms with Crippen LogP contribution in [0.2, 0.25) is 0 Å². The molecule has 1 aromatic carbocycles. The van der Waals surface area contributed by atoms with Crippen LogP contribution in [0, 0.1) is 17.7 Å². The molecule has 2 atom stereocenters. The Morgan fingerprint density at radius 2 is 1.88 bits per heavy atom. The number of pyridine rings is 1. The number of fused-ring (bicyclic) bond motifs is 1. The molecule has 2 fully saturated rings. The Labute approximate surface area is 147 Å². The Bertz CT molecular complexity index is 738. The van der Waals surface area contributed by atoms with Crippen LogP contribution < -0.4 is 0 Å². The Balaban J connectivity index is 1.31. The standard InChI is InChI=1S/C20H22FN3O/c21-18-5-3-4-15(8-18)9-20(25)24-12-16-10-23(11-17(16)13-24)14-19-6-1-2-7-22-19/h1-8,16-17H,9-14H2/t16-,17+. The van der Waals surface area contributed by atoms with E-state index in [0.717, 1.165) is 44.0 Å². The average molecular weight is 339 g/mol. The molecule has 0 saturated carbocycles. The van der Waals surface area contributed by atoms with Gasteiger partial charge in [0.05, 0.1) is 12.1 Å². The molecule has 0 unspecified atom stereocenters. The number of rotatable bonds is 4. The van der Waals surface area contributed by atoms with Gasteiger partial charge in [-0.05, 0) is 41.7 Å². The van der Waals surface area contributed by atoms with Crippen molar-refractivity contribution in [2.24, 2.45) is 11.8 Å². The molecule has 2 aromatic rings. The first-order chi connectivity index (χ1) is 12.2. The summed E-state index contributed by atoms with van der Waals surface area (Å²) in [6, 6.07) is 12.3. The summed E-state index contributed by atoms with van der Waals surface area (Å²) in [6.07, 6.45) is 2.12. The van der Waals surface area contributed by atoms with E-state index in [1.165, 1.54) is 12.1 Å². The number of hydrogen-bond donors (Lipinski definition) is 0. The van der Waals surface area contributed by atoms with E-state index in [1.54, 1.807) is 6.07 Å². The molecule has 4 rings (SSSR count). The van der Waals surface area contributed by atoms with Gasteiger partial charge in [0.15, 0.2) is 0 Å². The fourth-order valence-electron chi connectivity index (χ4n) is 4.08. The third kappa shape index (κ3) is 3.71. The maximum atomic E-state index is 13.3. The van der Waals surface area contributed by atoms with Gasteiger partial charge in [-0.2, -0.15) is 0 Å². The predicted octanol–water partition coefficient (Wildman–Crippen LogP) is 2.35. The van der Waals surface area contributed by atoms with Gasteiger partial charge in [0.2, 0.25) is 5.91 Å². The first kappa shape index (κ1) is 16.2. The molecule has 0 radical (unpaired) electrons. The third-order valence-corrected chi connectivity index (χ3v) is 5.27. The minimum Gasteiger partial charge on any atom is -0.342 e. The molecular weight excluding hydrogens is 317 g/mol. The zero-order valence-corrected chi connectivity index (χ0v) is 14.1. The number of amides is 1. The van der Waals surface area contributed by atoms with Gasteiger partial charge in [0, 0.05) is 38.9 Å². The molecule has 25 heavy (non-hydrogen) atoms. The van der Waals surface area contributed by atoms with E-state index >= 15 is 0 Å². The van der Waals surface area contributed by atoms with E-state index in [2.05, 4.69) is 16.0 Å². The van der Waals surface area contributed by atoms with Crippen molar-refractivity contribution in [1.82, 2.24) is 14.8 Å². The van der Waals surface area contributed by atoms with Crippen molar-refractivity contribution in [3.8, 4) is 0 Å². The second kappa shape index (κ2) is 6.92. The van der Waals surface area contributed by atoms with Crippen LogP contribution in [-0.2, 0) is 17.8 Å². The van der Waals surface area contributed by atoms with Gasteiger partial charge in [-0.3, -0.25) is 14.7 Å². The number of nitrogens with zero attached hydrogens (tertiary/aromatic N) is 3. The summed E-state index contributed by atoms with van der Waals surface area (Å²) < 4.78 is 13.3. The first-order valence-corrected chi connectivity index (χ1v) is 8.82. The fourth-order valence-corrected chi connectivity index (χ4v) is 4.08. The Morgan fingerprint density at radius 1 is 1.08 bits per heavy atom. The highest BCUT2D eigenvalue weighted by Gasteiger charge is 2.41. The Hall–Kier alpha value is -2.27. The summed E-state index contributed by atoms with van der Waals surface area (Å²) in [5, 5.41) is 0. The summed E-state index contributed by atoms with van der Waals surface area (Å²) in [5.74, 6) is 0.908. The molecule has 3 heterocycles. The van der Waals surface area contributed by atoms with Gasteiger partial charge in [-0.15, -0.1) is 0 Å². The van der Waals surface area contributed by atoms with E-state index < -0.39 is 0 Å². The molecule has 2 aliphatic rings. The topological polar surface area (TPSA) is 36.4 Å². The molecular formula is C20H22FN3O. The normalized spacial score (nSPS) is 23.0. The van der Waals surface area contributed by atoms with Gasteiger partial charge in [-0.25, -0.2) is 4.39 Å². The van der Waals surface area contributed by atoms with Crippen molar-refractivity contribution in [1.29, 1.82) is 0 Å². The number of likely N-dealkylation sites (tertiary alicyclic amines) is 2. The van der Waals surface area contributed by atoms with Crippen LogP contribution >= 0.6 is 0 Å². The molecule has 1 aromatic heterocycles. The van der Waals surface area contributed by atoms with Crippen LogP contribution in [0.4, 0.5) is 4.39 Å². The Kier molecular flexibility index (Phi) is 4.49. The van der Waals surface area contributed by atoms with Gasteiger partial charge in [0.25, 0.3) is 0 Å². The number of benzene rings is 1. The highest BCUT2D eigenvalue weighted by molar-refractivity contribution is 5.79. The van der Waals surface area contributed by atoms with Crippen molar-refractivity contribution in [2.75, 3.05) is 26.2 Å². The van der Waals surface area contributed by atoms with Gasteiger partial charge in [0.1, 0.15) is 5.82 Å². The molecule has 2 saturated heterocycles. The molecule has 0 spiro atoms. The van der Waals surface area contributed by atoms with Crippen molar-refractivity contribution in [2.45, 2.75) is 13.0 Å². The molecule has 1 amide bonds. The number of halogens is 1. The molecule has 2 aliphatic heterocycles. The van der Waals surface area contributed by atoms with Crippen LogP contribution in [0.15, 0.2) is 48.7 Å². The van der Waals surface area contributed by atoms with Crippen molar-refractivity contribution in [3.05, 3.63) is 65.7 Å². The summed E-state index contributed by atoms with van der Waals surface area (Å²) in [5.41, 5.74) is 1.85. The average Bonchev–Trinajstić information content (AvgIpc) is 3.14. The number of carbonyl (C=O) groups excluding carboxylic acids is 1. The summed E-state index contributed by atoms with van der Waals surface area (Å²) in [4.78, 5) is 21.3.